The summed E-state index contributed by atoms with van der Waals surface area (Å²) in [6, 6.07) is 16.5. The van der Waals surface area contributed by atoms with Gasteiger partial charge in [0.25, 0.3) is 0 Å². The van der Waals surface area contributed by atoms with E-state index >= 15 is 0 Å². The van der Waals surface area contributed by atoms with E-state index in [0.29, 0.717) is 55.3 Å². The van der Waals surface area contributed by atoms with Gasteiger partial charge in [-0.2, -0.15) is 0 Å². The SMILES string of the molecule is CCOC(Cc1ccc(OCCN(CCCCOCc2cc(Cl)cc(Cl)c2)C(=O)Nc2c(C)cc(C)cc2C)cc1)C(=O)O. The summed E-state index contributed by atoms with van der Waals surface area (Å²) < 4.78 is 17.1. The average Bonchev–Trinajstić information content (AvgIpc) is 2.95. The predicted molar refractivity (Wildman–Crippen MR) is 175 cm³/mol. The number of aryl methyl sites for hydroxylation is 3. The van der Waals surface area contributed by atoms with Crippen LogP contribution in [0.5, 0.6) is 5.75 Å². The Morgan fingerprint density at radius 2 is 1.55 bits per heavy atom. The zero-order valence-electron chi connectivity index (χ0n) is 25.8. The van der Waals surface area contributed by atoms with E-state index in [-0.39, 0.29) is 12.5 Å². The van der Waals surface area contributed by atoms with Crippen molar-refractivity contribution < 1.29 is 28.9 Å². The quantitative estimate of drug-likeness (QED) is 0.145. The molecule has 0 radical (unpaired) electrons. The molecule has 0 bridgehead atoms. The Kier molecular flexibility index (Phi) is 14.3. The van der Waals surface area contributed by atoms with Crippen molar-refractivity contribution in [3.8, 4) is 5.75 Å². The summed E-state index contributed by atoms with van der Waals surface area (Å²) in [6.07, 6.45) is 0.892. The lowest BCUT2D eigenvalue weighted by molar-refractivity contribution is -0.149. The third-order valence-electron chi connectivity index (χ3n) is 6.97. The Morgan fingerprint density at radius 1 is 0.886 bits per heavy atom. The molecule has 0 saturated carbocycles. The molecule has 8 nitrogen and oxygen atoms in total. The van der Waals surface area contributed by atoms with Crippen LogP contribution >= 0.6 is 23.2 Å². The molecule has 1 unspecified atom stereocenters. The van der Waals surface area contributed by atoms with Crippen LogP contribution in [0.4, 0.5) is 10.5 Å². The number of aliphatic carboxylic acids is 1. The van der Waals surface area contributed by atoms with Crippen LogP contribution in [0, 0.1) is 20.8 Å². The van der Waals surface area contributed by atoms with E-state index < -0.39 is 12.1 Å². The molecule has 0 aliphatic rings. The first-order valence-electron chi connectivity index (χ1n) is 14.8. The van der Waals surface area contributed by atoms with Crippen molar-refractivity contribution >= 4 is 40.9 Å². The number of urea groups is 1. The maximum atomic E-state index is 13.4. The predicted octanol–water partition coefficient (Wildman–Crippen LogP) is 7.86. The molecule has 0 spiro atoms. The van der Waals surface area contributed by atoms with Gasteiger partial charge in [-0.3, -0.25) is 0 Å². The molecule has 3 rings (SSSR count). The molecule has 2 N–H and O–H groups in total. The number of carboxylic acids is 1. The number of unbranched alkanes of at least 4 members (excludes halogenated alkanes) is 1. The number of carbonyl (C=O) groups is 2. The zero-order valence-corrected chi connectivity index (χ0v) is 27.3. The lowest BCUT2D eigenvalue weighted by Crippen LogP contribution is -2.39. The standard InChI is InChI=1S/C34H42Cl2N2O6/c1-5-43-31(33(39)40)20-26-8-10-30(11-9-26)44-15-13-38(34(41)37-32-24(3)16-23(2)17-25(32)4)12-6-7-14-42-22-27-18-28(35)21-29(36)19-27/h8-11,16-19,21,31H,5-7,12-15,20,22H2,1-4H3,(H,37,41)(H,39,40). The van der Waals surface area contributed by atoms with Crippen LogP contribution in [-0.4, -0.2) is 61.0 Å². The highest BCUT2D eigenvalue weighted by atomic mass is 35.5. The second kappa shape index (κ2) is 17.9. The topological polar surface area (TPSA) is 97.3 Å². The van der Waals surface area contributed by atoms with Crippen LogP contribution in [0.25, 0.3) is 0 Å². The molecular weight excluding hydrogens is 603 g/mol. The first-order chi connectivity index (χ1) is 21.0. The molecule has 0 fully saturated rings. The van der Waals surface area contributed by atoms with Gasteiger partial charge < -0.3 is 29.5 Å². The Balaban J connectivity index is 1.55. The van der Waals surface area contributed by atoms with Crippen molar-refractivity contribution in [3.63, 3.8) is 0 Å². The van der Waals surface area contributed by atoms with Crippen molar-refractivity contribution in [2.75, 3.05) is 38.2 Å². The minimum atomic E-state index is -0.987. The molecule has 238 valence electrons. The van der Waals surface area contributed by atoms with Crippen molar-refractivity contribution in [1.82, 2.24) is 4.90 Å². The number of halogens is 2. The molecule has 3 aromatic rings. The van der Waals surface area contributed by atoms with Crippen molar-refractivity contribution in [2.45, 2.75) is 59.7 Å². The number of anilines is 1. The van der Waals surface area contributed by atoms with Gasteiger partial charge >= 0.3 is 12.0 Å². The highest BCUT2D eigenvalue weighted by molar-refractivity contribution is 6.34. The number of hydrogen-bond acceptors (Lipinski definition) is 5. The average molecular weight is 646 g/mol. The van der Waals surface area contributed by atoms with Gasteiger partial charge in [0, 0.05) is 41.9 Å². The molecule has 3 aromatic carbocycles. The number of rotatable bonds is 17. The van der Waals surface area contributed by atoms with E-state index in [2.05, 4.69) is 17.4 Å². The van der Waals surface area contributed by atoms with E-state index in [9.17, 15) is 14.7 Å². The minimum Gasteiger partial charge on any atom is -0.492 e. The van der Waals surface area contributed by atoms with Crippen LogP contribution in [0.2, 0.25) is 10.0 Å². The number of benzene rings is 3. The maximum Gasteiger partial charge on any atom is 0.333 e. The van der Waals surface area contributed by atoms with Crippen LogP contribution in [0.15, 0.2) is 54.6 Å². The van der Waals surface area contributed by atoms with E-state index in [1.165, 1.54) is 0 Å². The number of nitrogens with one attached hydrogen (secondary N) is 1. The van der Waals surface area contributed by atoms with Gasteiger partial charge in [-0.25, -0.2) is 9.59 Å². The van der Waals surface area contributed by atoms with Gasteiger partial charge in [-0.1, -0.05) is 53.0 Å². The molecule has 44 heavy (non-hydrogen) atoms. The lowest BCUT2D eigenvalue weighted by atomic mass is 10.1. The smallest absolute Gasteiger partial charge is 0.333 e. The highest BCUT2D eigenvalue weighted by Crippen LogP contribution is 2.23. The fraction of sp³-hybridized carbons (Fsp3) is 0.412. The van der Waals surface area contributed by atoms with Gasteiger partial charge in [-0.05, 0) is 93.1 Å². The number of carbonyl (C=O) groups excluding carboxylic acids is 1. The molecule has 0 aromatic heterocycles. The first-order valence-corrected chi connectivity index (χ1v) is 15.5. The zero-order chi connectivity index (χ0) is 32.1. The third-order valence-corrected chi connectivity index (χ3v) is 7.41. The monoisotopic (exact) mass is 644 g/mol. The van der Waals surface area contributed by atoms with Crippen molar-refractivity contribution in [1.29, 1.82) is 0 Å². The van der Waals surface area contributed by atoms with Gasteiger partial charge in [0.05, 0.1) is 13.2 Å². The number of nitrogens with zero attached hydrogens (tertiary/aromatic N) is 1. The Labute approximate surface area is 270 Å². The summed E-state index contributed by atoms with van der Waals surface area (Å²) in [5.74, 6) is -0.351. The maximum absolute atomic E-state index is 13.4. The molecule has 0 aliphatic carbocycles. The Morgan fingerprint density at radius 3 is 2.16 bits per heavy atom. The summed E-state index contributed by atoms with van der Waals surface area (Å²) in [6.45, 7) is 10.3. The van der Waals surface area contributed by atoms with Crippen molar-refractivity contribution in [2.24, 2.45) is 0 Å². The first kappa shape index (κ1) is 35.2. The Hall–Kier alpha value is -3.30. The van der Waals surface area contributed by atoms with Crippen molar-refractivity contribution in [3.05, 3.63) is 92.5 Å². The van der Waals surface area contributed by atoms with Gasteiger partial charge in [0.2, 0.25) is 0 Å². The lowest BCUT2D eigenvalue weighted by Gasteiger charge is -2.24. The van der Waals surface area contributed by atoms with E-state index in [1.54, 1.807) is 30.0 Å². The van der Waals surface area contributed by atoms with Gasteiger partial charge in [-0.15, -0.1) is 0 Å². The minimum absolute atomic E-state index is 0.191. The van der Waals surface area contributed by atoms with E-state index in [0.717, 1.165) is 46.3 Å². The molecule has 0 aliphatic heterocycles. The summed E-state index contributed by atoms with van der Waals surface area (Å²) in [4.78, 5) is 26.6. The number of carboxylic acid groups (broad SMARTS) is 1. The van der Waals surface area contributed by atoms with Gasteiger partial charge in [0.1, 0.15) is 12.4 Å². The molecule has 1 atom stereocenters. The summed E-state index contributed by atoms with van der Waals surface area (Å²) >= 11 is 12.1. The molecular formula is C34H42Cl2N2O6. The molecule has 10 heteroatoms. The molecule has 2 amide bonds. The fourth-order valence-corrected chi connectivity index (χ4v) is 5.47. The number of ether oxygens (including phenoxy) is 3. The summed E-state index contributed by atoms with van der Waals surface area (Å²) in [5.41, 5.74) is 5.73. The third kappa shape index (κ3) is 11.7. The highest BCUT2D eigenvalue weighted by Gasteiger charge is 2.18. The van der Waals surface area contributed by atoms with E-state index in [1.807, 2.05) is 45.0 Å². The molecule has 0 heterocycles. The second-order valence-corrected chi connectivity index (χ2v) is 11.6. The normalized spacial score (nSPS) is 11.7. The largest absolute Gasteiger partial charge is 0.492 e. The van der Waals surface area contributed by atoms with E-state index in [4.69, 9.17) is 37.4 Å². The number of hydrogen-bond donors (Lipinski definition) is 2. The second-order valence-electron chi connectivity index (χ2n) is 10.7. The summed E-state index contributed by atoms with van der Waals surface area (Å²) in [5, 5.41) is 13.6. The van der Waals surface area contributed by atoms with Crippen LogP contribution in [0.3, 0.4) is 0 Å². The number of amides is 2. The van der Waals surface area contributed by atoms with Crippen LogP contribution in [0.1, 0.15) is 47.6 Å². The molecule has 0 saturated heterocycles. The Bertz CT molecular complexity index is 1340. The van der Waals surface area contributed by atoms with Crippen LogP contribution < -0.4 is 10.1 Å². The van der Waals surface area contributed by atoms with Crippen LogP contribution in [-0.2, 0) is 27.3 Å². The fourth-order valence-electron chi connectivity index (χ4n) is 4.90. The van der Waals surface area contributed by atoms with Gasteiger partial charge in [0.15, 0.2) is 6.10 Å². The summed E-state index contributed by atoms with van der Waals surface area (Å²) in [7, 11) is 0.